The highest BCUT2D eigenvalue weighted by Crippen LogP contribution is 2.35. The molecule has 0 atom stereocenters. The maximum Gasteiger partial charge on any atom is 0.214 e. The zero-order chi connectivity index (χ0) is 12.1. The van der Waals surface area contributed by atoms with Crippen LogP contribution < -0.4 is 10.1 Å². The van der Waals surface area contributed by atoms with Gasteiger partial charge in [0.25, 0.3) is 0 Å². The van der Waals surface area contributed by atoms with E-state index in [9.17, 15) is 0 Å². The molecule has 0 aromatic carbocycles. The molecule has 0 unspecified atom stereocenters. The van der Waals surface area contributed by atoms with Crippen molar-refractivity contribution in [2.75, 3.05) is 19.0 Å². The molecular formula is C14H22N2O. The number of nitrogens with one attached hydrogen (secondary N) is 1. The van der Waals surface area contributed by atoms with Gasteiger partial charge in [0.1, 0.15) is 0 Å². The Labute approximate surface area is 104 Å². The van der Waals surface area contributed by atoms with Crippen LogP contribution in [0.25, 0.3) is 0 Å². The molecule has 94 valence electrons. The summed E-state index contributed by atoms with van der Waals surface area (Å²) in [6, 6.07) is 3.95. The normalized spacial score (nSPS) is 18.7. The van der Waals surface area contributed by atoms with E-state index in [4.69, 9.17) is 4.74 Å². The summed E-state index contributed by atoms with van der Waals surface area (Å²) in [6.45, 7) is 3.43. The van der Waals surface area contributed by atoms with Crippen LogP contribution in [0.3, 0.4) is 0 Å². The summed E-state index contributed by atoms with van der Waals surface area (Å²) in [5.74, 6) is 0.670. The van der Waals surface area contributed by atoms with E-state index in [1.54, 1.807) is 13.3 Å². The third-order valence-corrected chi connectivity index (χ3v) is 3.72. The molecule has 3 nitrogen and oxygen atoms in total. The molecule has 0 amide bonds. The van der Waals surface area contributed by atoms with Gasteiger partial charge in [-0.05, 0) is 24.3 Å². The highest BCUT2D eigenvalue weighted by Gasteiger charge is 2.26. The molecular weight excluding hydrogens is 212 g/mol. The molecule has 1 aromatic rings. The van der Waals surface area contributed by atoms with Crippen molar-refractivity contribution in [1.82, 2.24) is 4.98 Å². The summed E-state index contributed by atoms with van der Waals surface area (Å²) < 4.78 is 5.12. The molecule has 17 heavy (non-hydrogen) atoms. The van der Waals surface area contributed by atoms with E-state index in [0.717, 1.165) is 12.2 Å². The number of hydrogen-bond donors (Lipinski definition) is 1. The van der Waals surface area contributed by atoms with Gasteiger partial charge in [-0.15, -0.1) is 0 Å². The quantitative estimate of drug-likeness (QED) is 0.866. The number of aromatic nitrogens is 1. The van der Waals surface area contributed by atoms with Crippen LogP contribution in [0, 0.1) is 5.41 Å². The molecule has 0 radical (unpaired) electrons. The van der Waals surface area contributed by atoms with Gasteiger partial charge in [-0.1, -0.05) is 26.2 Å². The molecule has 0 bridgehead atoms. The van der Waals surface area contributed by atoms with Gasteiger partial charge >= 0.3 is 0 Å². The minimum atomic E-state index is 0.453. The first-order chi connectivity index (χ1) is 8.22. The Bertz CT molecular complexity index is 359. The second-order valence-corrected chi connectivity index (χ2v) is 5.31. The van der Waals surface area contributed by atoms with Crippen molar-refractivity contribution in [3.8, 4) is 5.88 Å². The lowest BCUT2D eigenvalue weighted by Crippen LogP contribution is -2.28. The first-order valence-electron chi connectivity index (χ1n) is 6.46. The van der Waals surface area contributed by atoms with Crippen LogP contribution in [-0.2, 0) is 0 Å². The molecule has 2 rings (SSSR count). The minimum absolute atomic E-state index is 0.453. The largest absolute Gasteiger partial charge is 0.481 e. The van der Waals surface area contributed by atoms with Gasteiger partial charge < -0.3 is 10.1 Å². The van der Waals surface area contributed by atoms with Crippen molar-refractivity contribution < 1.29 is 4.74 Å². The Morgan fingerprint density at radius 1 is 1.35 bits per heavy atom. The lowest BCUT2D eigenvalue weighted by Gasteiger charge is -2.34. The van der Waals surface area contributed by atoms with Crippen LogP contribution >= 0.6 is 0 Å². The molecule has 1 fully saturated rings. The predicted octanol–water partition coefficient (Wildman–Crippen LogP) is 3.47. The fraction of sp³-hybridized carbons (Fsp3) is 0.643. The monoisotopic (exact) mass is 234 g/mol. The van der Waals surface area contributed by atoms with Gasteiger partial charge in [0, 0.05) is 24.5 Å². The SMILES string of the molecule is COc1cc(NCC2(C)CCCCC2)ccn1. The summed E-state index contributed by atoms with van der Waals surface area (Å²) in [6.07, 6.45) is 8.60. The van der Waals surface area contributed by atoms with E-state index in [2.05, 4.69) is 17.2 Å². The van der Waals surface area contributed by atoms with Gasteiger partial charge in [0.05, 0.1) is 7.11 Å². The lowest BCUT2D eigenvalue weighted by atomic mass is 9.76. The topological polar surface area (TPSA) is 34.1 Å². The Morgan fingerprint density at radius 2 is 2.12 bits per heavy atom. The van der Waals surface area contributed by atoms with Crippen molar-refractivity contribution in [1.29, 1.82) is 0 Å². The molecule has 1 aromatic heterocycles. The minimum Gasteiger partial charge on any atom is -0.481 e. The summed E-state index contributed by atoms with van der Waals surface area (Å²) in [5, 5.41) is 3.51. The Kier molecular flexibility index (Phi) is 3.87. The van der Waals surface area contributed by atoms with Crippen LogP contribution in [0.5, 0.6) is 5.88 Å². The summed E-state index contributed by atoms with van der Waals surface area (Å²) in [4.78, 5) is 4.11. The van der Waals surface area contributed by atoms with Gasteiger partial charge in [0.15, 0.2) is 0 Å². The van der Waals surface area contributed by atoms with E-state index in [-0.39, 0.29) is 0 Å². The van der Waals surface area contributed by atoms with Gasteiger partial charge in [-0.25, -0.2) is 4.98 Å². The molecule has 0 spiro atoms. The Morgan fingerprint density at radius 3 is 2.82 bits per heavy atom. The van der Waals surface area contributed by atoms with Gasteiger partial charge in [-0.3, -0.25) is 0 Å². The zero-order valence-corrected chi connectivity index (χ0v) is 10.8. The van der Waals surface area contributed by atoms with Crippen molar-refractivity contribution in [2.45, 2.75) is 39.0 Å². The van der Waals surface area contributed by atoms with Crippen LogP contribution in [0.2, 0.25) is 0 Å². The average Bonchev–Trinajstić information content (AvgIpc) is 2.38. The number of ether oxygens (including phenoxy) is 1. The number of anilines is 1. The van der Waals surface area contributed by atoms with Crippen LogP contribution in [0.1, 0.15) is 39.0 Å². The fourth-order valence-electron chi connectivity index (χ4n) is 2.53. The summed E-state index contributed by atoms with van der Waals surface area (Å²) in [7, 11) is 1.65. The first kappa shape index (κ1) is 12.2. The van der Waals surface area contributed by atoms with Crippen LogP contribution in [0.15, 0.2) is 18.3 Å². The number of pyridine rings is 1. The van der Waals surface area contributed by atoms with Crippen LogP contribution in [-0.4, -0.2) is 18.6 Å². The molecule has 1 aliphatic carbocycles. The number of methoxy groups -OCH3 is 1. The third-order valence-electron chi connectivity index (χ3n) is 3.72. The highest BCUT2D eigenvalue weighted by atomic mass is 16.5. The molecule has 1 saturated carbocycles. The number of nitrogens with zero attached hydrogens (tertiary/aromatic N) is 1. The smallest absolute Gasteiger partial charge is 0.214 e. The summed E-state index contributed by atoms with van der Waals surface area (Å²) >= 11 is 0. The van der Waals surface area contributed by atoms with E-state index in [0.29, 0.717) is 11.3 Å². The first-order valence-corrected chi connectivity index (χ1v) is 6.46. The molecule has 0 aliphatic heterocycles. The van der Waals surface area contributed by atoms with E-state index in [1.807, 2.05) is 12.1 Å². The second-order valence-electron chi connectivity index (χ2n) is 5.31. The maximum atomic E-state index is 5.12. The Balaban J connectivity index is 1.92. The molecule has 3 heteroatoms. The van der Waals surface area contributed by atoms with Gasteiger partial charge in [0.2, 0.25) is 5.88 Å². The zero-order valence-electron chi connectivity index (χ0n) is 10.8. The second kappa shape index (κ2) is 5.39. The van der Waals surface area contributed by atoms with E-state index >= 15 is 0 Å². The molecule has 1 heterocycles. The van der Waals surface area contributed by atoms with Crippen molar-refractivity contribution in [3.05, 3.63) is 18.3 Å². The van der Waals surface area contributed by atoms with Crippen molar-refractivity contribution in [3.63, 3.8) is 0 Å². The van der Waals surface area contributed by atoms with E-state index < -0.39 is 0 Å². The average molecular weight is 234 g/mol. The number of rotatable bonds is 4. The van der Waals surface area contributed by atoms with Gasteiger partial charge in [-0.2, -0.15) is 0 Å². The molecule has 1 N–H and O–H groups in total. The Hall–Kier alpha value is -1.25. The third kappa shape index (κ3) is 3.35. The molecule has 1 aliphatic rings. The fourth-order valence-corrected chi connectivity index (χ4v) is 2.53. The standard InChI is InChI=1S/C14H22N2O/c1-14(7-4-3-5-8-14)11-16-12-6-9-15-13(10-12)17-2/h6,9-10H,3-5,7-8,11H2,1-2H3,(H,15,16). The molecule has 0 saturated heterocycles. The van der Waals surface area contributed by atoms with Crippen molar-refractivity contribution in [2.24, 2.45) is 5.41 Å². The highest BCUT2D eigenvalue weighted by molar-refractivity contribution is 5.45. The maximum absolute atomic E-state index is 5.12. The van der Waals surface area contributed by atoms with Crippen molar-refractivity contribution >= 4 is 5.69 Å². The van der Waals surface area contributed by atoms with Crippen LogP contribution in [0.4, 0.5) is 5.69 Å². The number of hydrogen-bond acceptors (Lipinski definition) is 3. The summed E-state index contributed by atoms with van der Waals surface area (Å²) in [5.41, 5.74) is 1.55. The lowest BCUT2D eigenvalue weighted by molar-refractivity contribution is 0.233. The predicted molar refractivity (Wildman–Crippen MR) is 70.5 cm³/mol. The van der Waals surface area contributed by atoms with E-state index in [1.165, 1.54) is 32.1 Å².